The molecule has 1 unspecified atom stereocenters. The standard InChI is InChI=1S/C17H26N2OS.ClH/c1-2-15-14-8-12-21-16(14)7-11-19(15)17(20)4-3-13-5-9-18-10-6-13;/h8,12-13,15,18H,2-7,9-11H2,1H3;1H. The van der Waals surface area contributed by atoms with Crippen LogP contribution in [0.15, 0.2) is 11.4 Å². The average Bonchev–Trinajstić information content (AvgIpc) is 3.01. The van der Waals surface area contributed by atoms with E-state index in [1.54, 1.807) is 0 Å². The quantitative estimate of drug-likeness (QED) is 0.903. The molecule has 3 nitrogen and oxygen atoms in total. The Bertz CT molecular complexity index is 485. The van der Waals surface area contributed by atoms with E-state index in [4.69, 9.17) is 0 Å². The fourth-order valence-electron chi connectivity index (χ4n) is 3.78. The maximum atomic E-state index is 12.7. The van der Waals surface area contributed by atoms with Crippen molar-refractivity contribution in [2.24, 2.45) is 5.92 Å². The minimum Gasteiger partial charge on any atom is -0.335 e. The predicted molar refractivity (Wildman–Crippen MR) is 94.8 cm³/mol. The third-order valence-corrected chi connectivity index (χ3v) is 6.02. The van der Waals surface area contributed by atoms with Crippen molar-refractivity contribution >= 4 is 29.7 Å². The summed E-state index contributed by atoms with van der Waals surface area (Å²) in [5, 5.41) is 5.57. The molecule has 3 rings (SSSR count). The molecule has 3 heterocycles. The average molecular weight is 343 g/mol. The van der Waals surface area contributed by atoms with Crippen LogP contribution in [0.5, 0.6) is 0 Å². The van der Waals surface area contributed by atoms with Crippen LogP contribution in [0.2, 0.25) is 0 Å². The van der Waals surface area contributed by atoms with Crippen molar-refractivity contribution in [3.8, 4) is 0 Å². The lowest BCUT2D eigenvalue weighted by Gasteiger charge is -2.36. The number of amides is 1. The first-order valence-corrected chi connectivity index (χ1v) is 9.24. The second-order valence-corrected chi connectivity index (χ2v) is 7.29. The van der Waals surface area contributed by atoms with Gasteiger partial charge in [0.25, 0.3) is 0 Å². The minimum atomic E-state index is 0. The first kappa shape index (κ1) is 17.8. The molecule has 0 aliphatic carbocycles. The van der Waals surface area contributed by atoms with Crippen LogP contribution in [-0.4, -0.2) is 30.4 Å². The van der Waals surface area contributed by atoms with Gasteiger partial charge in [-0.05, 0) is 68.1 Å². The molecule has 0 aromatic carbocycles. The lowest BCUT2D eigenvalue weighted by molar-refractivity contribution is -0.134. The summed E-state index contributed by atoms with van der Waals surface area (Å²) in [4.78, 5) is 16.3. The highest BCUT2D eigenvalue weighted by Gasteiger charge is 2.30. The maximum Gasteiger partial charge on any atom is 0.223 e. The summed E-state index contributed by atoms with van der Waals surface area (Å²) in [6, 6.07) is 2.54. The van der Waals surface area contributed by atoms with Gasteiger partial charge in [-0.1, -0.05) is 6.92 Å². The normalized spacial score (nSPS) is 22.0. The van der Waals surface area contributed by atoms with Crippen molar-refractivity contribution < 1.29 is 4.79 Å². The van der Waals surface area contributed by atoms with Gasteiger partial charge in [-0.15, -0.1) is 23.7 Å². The second-order valence-electron chi connectivity index (χ2n) is 6.29. The van der Waals surface area contributed by atoms with Gasteiger partial charge in [0.1, 0.15) is 0 Å². The highest BCUT2D eigenvalue weighted by atomic mass is 35.5. The topological polar surface area (TPSA) is 32.3 Å². The molecule has 1 N–H and O–H groups in total. The number of carbonyl (C=O) groups is 1. The van der Waals surface area contributed by atoms with Crippen LogP contribution in [0.25, 0.3) is 0 Å². The summed E-state index contributed by atoms with van der Waals surface area (Å²) in [5.74, 6) is 1.12. The van der Waals surface area contributed by atoms with E-state index >= 15 is 0 Å². The fraction of sp³-hybridized carbons (Fsp3) is 0.706. The van der Waals surface area contributed by atoms with Crippen LogP contribution < -0.4 is 5.32 Å². The van der Waals surface area contributed by atoms with Crippen molar-refractivity contribution in [1.29, 1.82) is 0 Å². The highest BCUT2D eigenvalue weighted by molar-refractivity contribution is 7.10. The Morgan fingerprint density at radius 3 is 2.91 bits per heavy atom. The predicted octanol–water partition coefficient (Wildman–Crippen LogP) is 3.79. The first-order valence-electron chi connectivity index (χ1n) is 8.36. The van der Waals surface area contributed by atoms with E-state index in [-0.39, 0.29) is 12.4 Å². The number of carbonyl (C=O) groups excluding carboxylic acids is 1. The number of piperidine rings is 1. The van der Waals surface area contributed by atoms with Crippen molar-refractivity contribution in [3.63, 3.8) is 0 Å². The van der Waals surface area contributed by atoms with Crippen molar-refractivity contribution in [1.82, 2.24) is 10.2 Å². The van der Waals surface area contributed by atoms with E-state index in [1.807, 2.05) is 11.3 Å². The van der Waals surface area contributed by atoms with Crippen LogP contribution >= 0.6 is 23.7 Å². The maximum absolute atomic E-state index is 12.7. The van der Waals surface area contributed by atoms with Crippen LogP contribution in [0.4, 0.5) is 0 Å². The molecule has 124 valence electrons. The molecule has 1 aromatic heterocycles. The molecule has 1 atom stereocenters. The summed E-state index contributed by atoms with van der Waals surface area (Å²) < 4.78 is 0. The summed E-state index contributed by atoms with van der Waals surface area (Å²) in [7, 11) is 0. The lowest BCUT2D eigenvalue weighted by atomic mass is 9.92. The molecular formula is C17H27ClN2OS. The number of thiophene rings is 1. The minimum absolute atomic E-state index is 0. The Labute approximate surface area is 143 Å². The number of nitrogens with zero attached hydrogens (tertiary/aromatic N) is 1. The largest absolute Gasteiger partial charge is 0.335 e. The highest BCUT2D eigenvalue weighted by Crippen LogP contribution is 2.35. The fourth-order valence-corrected chi connectivity index (χ4v) is 4.70. The second kappa shape index (κ2) is 8.32. The van der Waals surface area contributed by atoms with E-state index in [2.05, 4.69) is 28.6 Å². The number of hydrogen-bond acceptors (Lipinski definition) is 3. The molecule has 1 fully saturated rings. The van der Waals surface area contributed by atoms with Crippen LogP contribution in [-0.2, 0) is 11.2 Å². The van der Waals surface area contributed by atoms with E-state index in [0.717, 1.165) is 51.2 Å². The molecule has 0 spiro atoms. The summed E-state index contributed by atoms with van der Waals surface area (Å²) in [6.45, 7) is 5.36. The van der Waals surface area contributed by atoms with Crippen molar-refractivity contribution in [2.75, 3.05) is 19.6 Å². The number of nitrogens with one attached hydrogen (secondary N) is 1. The SMILES string of the molecule is CCC1c2ccsc2CCN1C(=O)CCC1CCNCC1.Cl. The molecule has 1 amide bonds. The van der Waals surface area contributed by atoms with Gasteiger partial charge in [-0.3, -0.25) is 4.79 Å². The summed E-state index contributed by atoms with van der Waals surface area (Å²) in [6.07, 6.45) is 6.36. The van der Waals surface area contributed by atoms with Crippen LogP contribution in [0, 0.1) is 5.92 Å². The third kappa shape index (κ3) is 3.84. The number of rotatable bonds is 4. The van der Waals surface area contributed by atoms with Crippen molar-refractivity contribution in [2.45, 2.75) is 51.5 Å². The molecule has 2 aliphatic rings. The molecule has 22 heavy (non-hydrogen) atoms. The van der Waals surface area contributed by atoms with Gasteiger partial charge < -0.3 is 10.2 Å². The molecule has 2 aliphatic heterocycles. The van der Waals surface area contributed by atoms with Gasteiger partial charge in [-0.2, -0.15) is 0 Å². The van der Waals surface area contributed by atoms with Crippen molar-refractivity contribution in [3.05, 3.63) is 21.9 Å². The molecule has 0 radical (unpaired) electrons. The molecular weight excluding hydrogens is 316 g/mol. The van der Waals surface area contributed by atoms with E-state index < -0.39 is 0 Å². The Morgan fingerprint density at radius 1 is 1.41 bits per heavy atom. The smallest absolute Gasteiger partial charge is 0.223 e. The van der Waals surface area contributed by atoms with Gasteiger partial charge in [0.2, 0.25) is 5.91 Å². The van der Waals surface area contributed by atoms with E-state index in [0.29, 0.717) is 11.9 Å². The summed E-state index contributed by atoms with van der Waals surface area (Å²) >= 11 is 1.85. The zero-order valence-electron chi connectivity index (χ0n) is 13.3. The number of halogens is 1. The Morgan fingerprint density at radius 2 is 2.18 bits per heavy atom. The zero-order valence-corrected chi connectivity index (χ0v) is 15.0. The molecule has 0 bridgehead atoms. The lowest BCUT2D eigenvalue weighted by Crippen LogP contribution is -2.39. The Balaban J connectivity index is 0.00000176. The van der Waals surface area contributed by atoms with Gasteiger partial charge in [0.05, 0.1) is 6.04 Å². The number of fused-ring (bicyclic) bond motifs is 1. The molecule has 1 saturated heterocycles. The molecule has 1 aromatic rings. The van der Waals surface area contributed by atoms with Gasteiger partial charge >= 0.3 is 0 Å². The van der Waals surface area contributed by atoms with E-state index in [9.17, 15) is 4.79 Å². The summed E-state index contributed by atoms with van der Waals surface area (Å²) in [5.41, 5.74) is 1.41. The van der Waals surface area contributed by atoms with Gasteiger partial charge in [0, 0.05) is 17.8 Å². The van der Waals surface area contributed by atoms with Crippen LogP contribution in [0.1, 0.15) is 55.5 Å². The van der Waals surface area contributed by atoms with Crippen LogP contribution in [0.3, 0.4) is 0 Å². The van der Waals surface area contributed by atoms with Gasteiger partial charge in [0.15, 0.2) is 0 Å². The third-order valence-electron chi connectivity index (χ3n) is 5.03. The molecule has 0 saturated carbocycles. The Hall–Kier alpha value is -0.580. The van der Waals surface area contributed by atoms with E-state index in [1.165, 1.54) is 23.3 Å². The first-order chi connectivity index (χ1) is 10.3. The Kier molecular flexibility index (Phi) is 6.72. The number of hydrogen-bond donors (Lipinski definition) is 1. The zero-order chi connectivity index (χ0) is 14.7. The molecule has 5 heteroatoms. The van der Waals surface area contributed by atoms with Gasteiger partial charge in [-0.25, -0.2) is 0 Å². The monoisotopic (exact) mass is 342 g/mol.